The highest BCUT2D eigenvalue weighted by Gasteiger charge is 2.12. The van der Waals surface area contributed by atoms with E-state index in [1.165, 1.54) is 0 Å². The van der Waals surface area contributed by atoms with Gasteiger partial charge in [-0.25, -0.2) is 0 Å². The average Bonchev–Trinajstić information content (AvgIpc) is 2.31. The maximum absolute atomic E-state index is 11.7. The van der Waals surface area contributed by atoms with Crippen LogP contribution < -0.4 is 5.73 Å². The van der Waals surface area contributed by atoms with E-state index in [4.69, 9.17) is 10.8 Å². The van der Waals surface area contributed by atoms with Crippen molar-refractivity contribution >= 4 is 5.91 Å². The minimum atomic E-state index is 0.0992. The number of amides is 1. The molecule has 0 fully saturated rings. The van der Waals surface area contributed by atoms with Gasteiger partial charge in [-0.1, -0.05) is 0 Å². The van der Waals surface area contributed by atoms with Crippen LogP contribution >= 0.6 is 0 Å². The van der Waals surface area contributed by atoms with Crippen LogP contribution in [0.2, 0.25) is 0 Å². The number of likely N-dealkylation sites (N-methyl/N-ethyl adjacent to an activating group) is 1. The van der Waals surface area contributed by atoms with E-state index in [0.717, 1.165) is 6.42 Å². The van der Waals surface area contributed by atoms with E-state index in [1.54, 1.807) is 11.9 Å². The van der Waals surface area contributed by atoms with Gasteiger partial charge in [0.25, 0.3) is 0 Å². The second kappa shape index (κ2) is 8.50. The minimum absolute atomic E-state index is 0.0992. The summed E-state index contributed by atoms with van der Waals surface area (Å²) in [5.41, 5.74) is 5.38. The van der Waals surface area contributed by atoms with Gasteiger partial charge in [-0.3, -0.25) is 4.79 Å². The Morgan fingerprint density at radius 2 is 2.00 bits per heavy atom. The second-order valence-electron chi connectivity index (χ2n) is 4.22. The number of carbonyl (C=O) groups is 1. The number of hydrogen-bond acceptors (Lipinski definition) is 4. The molecule has 0 aromatic rings. The summed E-state index contributed by atoms with van der Waals surface area (Å²) in [7, 11) is 3.71. The molecule has 0 spiro atoms. The van der Waals surface area contributed by atoms with E-state index in [2.05, 4.69) is 0 Å². The number of rotatable bonds is 8. The Morgan fingerprint density at radius 3 is 2.50 bits per heavy atom. The predicted octanol–water partition coefficient (Wildman–Crippen LogP) is -0.504. The lowest BCUT2D eigenvalue weighted by Gasteiger charge is -2.24. The molecule has 5 heteroatoms. The zero-order valence-electron chi connectivity index (χ0n) is 10.6. The molecule has 0 heterocycles. The topological polar surface area (TPSA) is 69.8 Å². The fourth-order valence-corrected chi connectivity index (χ4v) is 1.28. The van der Waals surface area contributed by atoms with Crippen LogP contribution in [0.1, 0.15) is 19.8 Å². The van der Waals surface area contributed by atoms with E-state index >= 15 is 0 Å². The summed E-state index contributed by atoms with van der Waals surface area (Å²) in [4.78, 5) is 15.4. The first-order valence-corrected chi connectivity index (χ1v) is 5.78. The zero-order valence-corrected chi connectivity index (χ0v) is 10.6. The molecule has 16 heavy (non-hydrogen) atoms. The van der Waals surface area contributed by atoms with Crippen LogP contribution in [-0.4, -0.2) is 67.2 Å². The largest absolute Gasteiger partial charge is 0.395 e. The third-order valence-electron chi connectivity index (χ3n) is 2.82. The summed E-state index contributed by atoms with van der Waals surface area (Å²) >= 11 is 0. The Bertz CT molecular complexity index is 200. The van der Waals surface area contributed by atoms with Gasteiger partial charge in [0.15, 0.2) is 0 Å². The van der Waals surface area contributed by atoms with Gasteiger partial charge in [-0.05, 0) is 26.9 Å². The molecule has 1 atom stereocenters. The maximum atomic E-state index is 11.7. The predicted molar refractivity (Wildman–Crippen MR) is 65.1 cm³/mol. The zero-order chi connectivity index (χ0) is 12.6. The smallest absolute Gasteiger partial charge is 0.223 e. The molecule has 0 saturated carbocycles. The highest BCUT2D eigenvalue weighted by molar-refractivity contribution is 5.76. The van der Waals surface area contributed by atoms with Crippen molar-refractivity contribution < 1.29 is 9.90 Å². The maximum Gasteiger partial charge on any atom is 0.223 e. The number of aliphatic hydroxyl groups excluding tert-OH is 1. The van der Waals surface area contributed by atoms with E-state index in [1.807, 2.05) is 18.9 Å². The Hall–Kier alpha value is -0.650. The van der Waals surface area contributed by atoms with Crippen molar-refractivity contribution in [3.63, 3.8) is 0 Å². The first-order valence-electron chi connectivity index (χ1n) is 5.78. The lowest BCUT2D eigenvalue weighted by molar-refractivity contribution is -0.130. The highest BCUT2D eigenvalue weighted by atomic mass is 16.3. The third kappa shape index (κ3) is 6.05. The van der Waals surface area contributed by atoms with Crippen molar-refractivity contribution in [3.8, 4) is 0 Å². The van der Waals surface area contributed by atoms with Crippen molar-refractivity contribution in [2.24, 2.45) is 5.73 Å². The van der Waals surface area contributed by atoms with Crippen LogP contribution in [0.3, 0.4) is 0 Å². The Morgan fingerprint density at radius 1 is 1.38 bits per heavy atom. The first kappa shape index (κ1) is 15.3. The summed E-state index contributed by atoms with van der Waals surface area (Å²) in [5, 5.41) is 8.94. The Labute approximate surface area is 98.2 Å². The normalized spacial score (nSPS) is 12.9. The lowest BCUT2D eigenvalue weighted by Crippen LogP contribution is -2.36. The summed E-state index contributed by atoms with van der Waals surface area (Å²) < 4.78 is 0. The number of nitrogens with two attached hydrogens (primary N) is 1. The van der Waals surface area contributed by atoms with E-state index in [0.29, 0.717) is 26.1 Å². The van der Waals surface area contributed by atoms with Crippen molar-refractivity contribution in [2.45, 2.75) is 25.8 Å². The van der Waals surface area contributed by atoms with Gasteiger partial charge in [0, 0.05) is 32.6 Å². The van der Waals surface area contributed by atoms with Gasteiger partial charge >= 0.3 is 0 Å². The van der Waals surface area contributed by atoms with Gasteiger partial charge in [-0.2, -0.15) is 0 Å². The van der Waals surface area contributed by atoms with Crippen molar-refractivity contribution in [1.82, 2.24) is 9.80 Å². The molecule has 0 aliphatic heterocycles. The molecule has 1 amide bonds. The lowest BCUT2D eigenvalue weighted by atomic mass is 10.2. The van der Waals surface area contributed by atoms with Crippen molar-refractivity contribution in [2.75, 3.05) is 40.3 Å². The van der Waals surface area contributed by atoms with Crippen LogP contribution in [0.15, 0.2) is 0 Å². The van der Waals surface area contributed by atoms with E-state index < -0.39 is 0 Å². The molecular formula is C11H25N3O2. The molecule has 96 valence electrons. The standard InChI is InChI=1S/C11H25N3O2/c1-10(9-15)13(2)8-5-11(16)14(3)7-4-6-12/h10,15H,4-9,12H2,1-3H3. The Kier molecular flexibility index (Phi) is 8.15. The minimum Gasteiger partial charge on any atom is -0.395 e. The molecule has 0 aliphatic carbocycles. The second-order valence-corrected chi connectivity index (χ2v) is 4.22. The molecule has 0 radical (unpaired) electrons. The number of nitrogens with zero attached hydrogens (tertiary/aromatic N) is 2. The Balaban J connectivity index is 3.79. The van der Waals surface area contributed by atoms with Crippen LogP contribution in [0.4, 0.5) is 0 Å². The molecule has 5 nitrogen and oxygen atoms in total. The number of carbonyl (C=O) groups excluding carboxylic acids is 1. The first-order chi connectivity index (χ1) is 7.52. The fraction of sp³-hybridized carbons (Fsp3) is 0.909. The monoisotopic (exact) mass is 231 g/mol. The molecule has 0 aliphatic rings. The molecule has 0 rings (SSSR count). The van der Waals surface area contributed by atoms with E-state index in [-0.39, 0.29) is 18.6 Å². The third-order valence-corrected chi connectivity index (χ3v) is 2.82. The van der Waals surface area contributed by atoms with Gasteiger partial charge < -0.3 is 20.6 Å². The van der Waals surface area contributed by atoms with Gasteiger partial charge in [-0.15, -0.1) is 0 Å². The van der Waals surface area contributed by atoms with Crippen molar-refractivity contribution in [3.05, 3.63) is 0 Å². The summed E-state index contributed by atoms with van der Waals surface area (Å²) in [5.74, 6) is 0.130. The van der Waals surface area contributed by atoms with E-state index in [9.17, 15) is 4.79 Å². The van der Waals surface area contributed by atoms with Gasteiger partial charge in [0.2, 0.25) is 5.91 Å². The molecule has 0 aromatic heterocycles. The molecule has 0 saturated heterocycles. The summed E-state index contributed by atoms with van der Waals surface area (Å²) in [6.07, 6.45) is 1.33. The molecule has 1 unspecified atom stereocenters. The fourth-order valence-electron chi connectivity index (χ4n) is 1.28. The molecular weight excluding hydrogens is 206 g/mol. The van der Waals surface area contributed by atoms with Gasteiger partial charge in [0.05, 0.1) is 6.61 Å². The SMILES string of the molecule is CC(CO)N(C)CCC(=O)N(C)CCCN. The van der Waals surface area contributed by atoms with Crippen molar-refractivity contribution in [1.29, 1.82) is 0 Å². The molecule has 0 aromatic carbocycles. The summed E-state index contributed by atoms with van der Waals surface area (Å²) in [6.45, 7) is 4.05. The highest BCUT2D eigenvalue weighted by Crippen LogP contribution is 1.99. The van der Waals surface area contributed by atoms with Gasteiger partial charge in [0.1, 0.15) is 0 Å². The molecule has 0 bridgehead atoms. The quantitative estimate of drug-likeness (QED) is 0.591. The molecule has 3 N–H and O–H groups in total. The van der Waals surface area contributed by atoms with Crippen LogP contribution in [-0.2, 0) is 4.79 Å². The number of hydrogen-bond donors (Lipinski definition) is 2. The van der Waals surface area contributed by atoms with Crippen LogP contribution in [0.5, 0.6) is 0 Å². The van der Waals surface area contributed by atoms with Crippen LogP contribution in [0, 0.1) is 0 Å². The summed E-state index contributed by atoms with van der Waals surface area (Å²) in [6, 6.07) is 0.0992. The number of aliphatic hydroxyl groups is 1. The van der Waals surface area contributed by atoms with Crippen LogP contribution in [0.25, 0.3) is 0 Å². The average molecular weight is 231 g/mol.